The van der Waals surface area contributed by atoms with Crippen LogP contribution < -0.4 is 5.32 Å². The zero-order valence-electron chi connectivity index (χ0n) is 14.0. The van der Waals surface area contributed by atoms with Crippen molar-refractivity contribution in [2.24, 2.45) is 17.8 Å². The van der Waals surface area contributed by atoms with Crippen LogP contribution in [0.4, 0.5) is 5.69 Å². The maximum absolute atomic E-state index is 12.6. The minimum Gasteiger partial charge on any atom is -0.326 e. The van der Waals surface area contributed by atoms with Crippen LogP contribution in [0.1, 0.15) is 50.5 Å². The lowest BCUT2D eigenvalue weighted by atomic mass is 9.88. The number of hydrogen-bond acceptors (Lipinski definition) is 2. The maximum Gasteiger partial charge on any atom is 0.227 e. The molecule has 2 saturated carbocycles. The first-order chi connectivity index (χ1) is 11.3. The van der Waals surface area contributed by atoms with Crippen LogP contribution in [0.15, 0.2) is 24.3 Å². The van der Waals surface area contributed by atoms with Crippen LogP contribution in [-0.2, 0) is 11.3 Å². The van der Waals surface area contributed by atoms with Crippen LogP contribution in [0.25, 0.3) is 0 Å². The van der Waals surface area contributed by atoms with E-state index in [0.717, 1.165) is 24.6 Å². The number of piperidine rings is 1. The highest BCUT2D eigenvalue weighted by Crippen LogP contribution is 2.48. The number of rotatable bonds is 4. The third kappa shape index (κ3) is 3.45. The van der Waals surface area contributed by atoms with E-state index < -0.39 is 0 Å². The number of benzene rings is 1. The number of carbonyl (C=O) groups is 1. The Labute approximate surface area is 139 Å². The van der Waals surface area contributed by atoms with Crippen molar-refractivity contribution in [3.05, 3.63) is 29.8 Å². The summed E-state index contributed by atoms with van der Waals surface area (Å²) in [6, 6.07) is 8.46. The van der Waals surface area contributed by atoms with E-state index in [4.69, 9.17) is 0 Å². The van der Waals surface area contributed by atoms with Crippen molar-refractivity contribution >= 4 is 11.6 Å². The fourth-order valence-electron chi connectivity index (χ4n) is 4.92. The first kappa shape index (κ1) is 15.2. The van der Waals surface area contributed by atoms with Crippen LogP contribution >= 0.6 is 0 Å². The largest absolute Gasteiger partial charge is 0.326 e. The normalized spacial score (nSPS) is 30.5. The summed E-state index contributed by atoms with van der Waals surface area (Å²) in [5, 5.41) is 3.19. The molecule has 0 radical (unpaired) electrons. The van der Waals surface area contributed by atoms with E-state index in [1.165, 1.54) is 57.2 Å². The molecule has 2 aliphatic carbocycles. The molecule has 1 aromatic rings. The summed E-state index contributed by atoms with van der Waals surface area (Å²) < 4.78 is 0. The van der Waals surface area contributed by atoms with Crippen molar-refractivity contribution in [1.82, 2.24) is 4.90 Å². The van der Waals surface area contributed by atoms with Gasteiger partial charge in [-0.05, 0) is 74.7 Å². The monoisotopic (exact) mass is 312 g/mol. The molecule has 3 atom stereocenters. The average Bonchev–Trinajstić information content (AvgIpc) is 3.19. The van der Waals surface area contributed by atoms with Gasteiger partial charge in [-0.2, -0.15) is 0 Å². The summed E-state index contributed by atoms with van der Waals surface area (Å²) in [5.74, 6) is 1.99. The minimum absolute atomic E-state index is 0.257. The molecule has 2 bridgehead atoms. The number of nitrogens with one attached hydrogen (secondary N) is 1. The summed E-state index contributed by atoms with van der Waals surface area (Å²) in [7, 11) is 0. The highest BCUT2D eigenvalue weighted by Gasteiger charge is 2.42. The summed E-state index contributed by atoms with van der Waals surface area (Å²) in [6.45, 7) is 3.43. The van der Waals surface area contributed by atoms with Gasteiger partial charge in [0.15, 0.2) is 0 Å². The number of nitrogens with zero attached hydrogens (tertiary/aromatic N) is 1. The smallest absolute Gasteiger partial charge is 0.227 e. The van der Waals surface area contributed by atoms with Crippen LogP contribution in [-0.4, -0.2) is 23.9 Å². The molecule has 3 heteroatoms. The van der Waals surface area contributed by atoms with Gasteiger partial charge in [-0.1, -0.05) is 25.0 Å². The molecule has 23 heavy (non-hydrogen) atoms. The Morgan fingerprint density at radius 3 is 2.74 bits per heavy atom. The quantitative estimate of drug-likeness (QED) is 0.910. The number of anilines is 1. The Morgan fingerprint density at radius 2 is 2.00 bits per heavy atom. The topological polar surface area (TPSA) is 32.3 Å². The van der Waals surface area contributed by atoms with E-state index in [2.05, 4.69) is 28.4 Å². The second-order valence-electron chi connectivity index (χ2n) is 7.81. The van der Waals surface area contributed by atoms with Crippen molar-refractivity contribution in [2.45, 2.75) is 51.5 Å². The molecule has 1 saturated heterocycles. The molecule has 1 amide bonds. The zero-order valence-corrected chi connectivity index (χ0v) is 14.0. The number of likely N-dealkylation sites (tertiary alicyclic amines) is 1. The number of amides is 1. The van der Waals surface area contributed by atoms with Crippen molar-refractivity contribution in [2.75, 3.05) is 18.4 Å². The molecular weight excluding hydrogens is 284 g/mol. The van der Waals surface area contributed by atoms with E-state index in [1.807, 2.05) is 6.07 Å². The summed E-state index contributed by atoms with van der Waals surface area (Å²) in [5.41, 5.74) is 2.30. The van der Waals surface area contributed by atoms with Gasteiger partial charge >= 0.3 is 0 Å². The Kier molecular flexibility index (Phi) is 4.39. The maximum atomic E-state index is 12.6. The average molecular weight is 312 g/mol. The molecule has 4 rings (SSSR count). The van der Waals surface area contributed by atoms with E-state index in [-0.39, 0.29) is 11.8 Å². The van der Waals surface area contributed by atoms with Crippen LogP contribution in [0, 0.1) is 17.8 Å². The number of fused-ring (bicyclic) bond motifs is 2. The zero-order chi connectivity index (χ0) is 15.6. The molecular formula is C20H28N2O. The lowest BCUT2D eigenvalue weighted by molar-refractivity contribution is -0.121. The lowest BCUT2D eigenvalue weighted by Crippen LogP contribution is -2.29. The summed E-state index contributed by atoms with van der Waals surface area (Å²) in [4.78, 5) is 15.1. The SMILES string of the molecule is O=C(Nc1cccc(CN2CCCCC2)c1)[C@H]1C[C@H]2CC[C@H]1C2. The van der Waals surface area contributed by atoms with Gasteiger partial charge in [0.2, 0.25) is 5.91 Å². The molecule has 3 nitrogen and oxygen atoms in total. The number of hydrogen-bond donors (Lipinski definition) is 1. The first-order valence-corrected chi connectivity index (χ1v) is 9.40. The Balaban J connectivity index is 1.37. The van der Waals surface area contributed by atoms with Crippen molar-refractivity contribution in [3.63, 3.8) is 0 Å². The second kappa shape index (κ2) is 6.64. The number of carbonyl (C=O) groups excluding carboxylic acids is 1. The Morgan fingerprint density at radius 1 is 1.13 bits per heavy atom. The lowest BCUT2D eigenvalue weighted by Gasteiger charge is -2.26. The second-order valence-corrected chi connectivity index (χ2v) is 7.81. The summed E-state index contributed by atoms with van der Waals surface area (Å²) >= 11 is 0. The minimum atomic E-state index is 0.257. The van der Waals surface area contributed by atoms with Crippen molar-refractivity contribution < 1.29 is 4.79 Å². The first-order valence-electron chi connectivity index (χ1n) is 9.40. The van der Waals surface area contributed by atoms with Gasteiger partial charge in [-0.15, -0.1) is 0 Å². The predicted octanol–water partition coefficient (Wildman–Crippen LogP) is 4.05. The highest BCUT2D eigenvalue weighted by atomic mass is 16.1. The molecule has 1 N–H and O–H groups in total. The standard InChI is InChI=1S/C20H28N2O/c23-20(19-13-15-7-8-17(19)11-15)21-18-6-4-5-16(12-18)14-22-9-2-1-3-10-22/h4-6,12,15,17,19H,1-3,7-11,13-14H2,(H,21,23)/t15-,17-,19-/m0/s1. The fraction of sp³-hybridized carbons (Fsp3) is 0.650. The van der Waals surface area contributed by atoms with Crippen molar-refractivity contribution in [1.29, 1.82) is 0 Å². The van der Waals surface area contributed by atoms with Gasteiger partial charge in [0.05, 0.1) is 0 Å². The molecule has 1 heterocycles. The van der Waals surface area contributed by atoms with E-state index >= 15 is 0 Å². The van der Waals surface area contributed by atoms with Gasteiger partial charge < -0.3 is 5.32 Å². The molecule has 0 unspecified atom stereocenters. The van der Waals surface area contributed by atoms with Gasteiger partial charge in [0.25, 0.3) is 0 Å². The van der Waals surface area contributed by atoms with E-state index in [0.29, 0.717) is 5.92 Å². The summed E-state index contributed by atoms with van der Waals surface area (Å²) in [6.07, 6.45) is 9.02. The molecule has 0 aromatic heterocycles. The molecule has 0 spiro atoms. The van der Waals surface area contributed by atoms with Crippen molar-refractivity contribution in [3.8, 4) is 0 Å². The van der Waals surface area contributed by atoms with E-state index in [1.54, 1.807) is 0 Å². The van der Waals surface area contributed by atoms with Crippen LogP contribution in [0.2, 0.25) is 0 Å². The van der Waals surface area contributed by atoms with E-state index in [9.17, 15) is 4.79 Å². The van der Waals surface area contributed by atoms with Gasteiger partial charge in [0, 0.05) is 18.2 Å². The molecule has 1 aromatic carbocycles. The van der Waals surface area contributed by atoms with Gasteiger partial charge in [0.1, 0.15) is 0 Å². The third-order valence-corrected chi connectivity index (χ3v) is 6.12. The molecule has 124 valence electrons. The Hall–Kier alpha value is -1.35. The van der Waals surface area contributed by atoms with Gasteiger partial charge in [-0.25, -0.2) is 0 Å². The fourth-order valence-corrected chi connectivity index (χ4v) is 4.92. The molecule has 3 fully saturated rings. The molecule has 1 aliphatic heterocycles. The third-order valence-electron chi connectivity index (χ3n) is 6.12. The Bertz CT molecular complexity index is 565. The predicted molar refractivity (Wildman–Crippen MR) is 93.1 cm³/mol. The van der Waals surface area contributed by atoms with Gasteiger partial charge in [-0.3, -0.25) is 9.69 Å². The van der Waals surface area contributed by atoms with Crippen LogP contribution in [0.5, 0.6) is 0 Å². The highest BCUT2D eigenvalue weighted by molar-refractivity contribution is 5.93. The molecule has 3 aliphatic rings. The van der Waals surface area contributed by atoms with Crippen LogP contribution in [0.3, 0.4) is 0 Å².